The van der Waals surface area contributed by atoms with E-state index in [9.17, 15) is 0 Å². The Balaban J connectivity index is 2.44. The Labute approximate surface area is 143 Å². The van der Waals surface area contributed by atoms with Crippen LogP contribution in [-0.2, 0) is 4.74 Å². The molecule has 136 valence electrons. The van der Waals surface area contributed by atoms with Crippen LogP contribution < -0.4 is 10.6 Å². The van der Waals surface area contributed by atoms with Crippen LogP contribution in [0.25, 0.3) is 0 Å². The van der Waals surface area contributed by atoms with Gasteiger partial charge in [-0.2, -0.15) is 0 Å². The van der Waals surface area contributed by atoms with Crippen molar-refractivity contribution in [1.82, 2.24) is 15.5 Å². The Morgan fingerprint density at radius 3 is 2.35 bits per heavy atom. The van der Waals surface area contributed by atoms with Crippen molar-refractivity contribution in [3.8, 4) is 0 Å². The monoisotopic (exact) mass is 326 g/mol. The molecule has 2 N–H and O–H groups in total. The number of nitrogens with one attached hydrogen (secondary N) is 2. The summed E-state index contributed by atoms with van der Waals surface area (Å²) in [5, 5.41) is 6.95. The van der Waals surface area contributed by atoms with E-state index in [4.69, 9.17) is 4.74 Å². The molecule has 0 aromatic carbocycles. The highest BCUT2D eigenvalue weighted by atomic mass is 16.5. The van der Waals surface area contributed by atoms with E-state index in [1.807, 2.05) is 7.05 Å². The van der Waals surface area contributed by atoms with E-state index < -0.39 is 0 Å². The van der Waals surface area contributed by atoms with E-state index in [1.54, 1.807) is 0 Å². The Morgan fingerprint density at radius 1 is 1.17 bits per heavy atom. The average molecular weight is 327 g/mol. The standard InChI is InChI=1S/C18H38N4O/c1-15(2)13-16(22-9-11-23-12-10-22)14-21-17(19-6)20-8-7-18(3,4)5/h15-16H,7-14H2,1-6H3,(H2,19,20,21). The van der Waals surface area contributed by atoms with Crippen molar-refractivity contribution in [2.24, 2.45) is 16.3 Å². The van der Waals surface area contributed by atoms with Crippen LogP contribution in [0.3, 0.4) is 0 Å². The molecule has 1 fully saturated rings. The van der Waals surface area contributed by atoms with Gasteiger partial charge in [0.05, 0.1) is 13.2 Å². The van der Waals surface area contributed by atoms with Gasteiger partial charge in [0.25, 0.3) is 0 Å². The lowest BCUT2D eigenvalue weighted by atomic mass is 9.92. The van der Waals surface area contributed by atoms with Crippen molar-refractivity contribution in [1.29, 1.82) is 0 Å². The topological polar surface area (TPSA) is 48.9 Å². The summed E-state index contributed by atoms with van der Waals surface area (Å²) in [7, 11) is 1.85. The summed E-state index contributed by atoms with van der Waals surface area (Å²) in [5.74, 6) is 1.61. The molecule has 1 aliphatic rings. The number of hydrogen-bond acceptors (Lipinski definition) is 3. The molecule has 1 rings (SSSR count). The van der Waals surface area contributed by atoms with Gasteiger partial charge in [0.15, 0.2) is 5.96 Å². The minimum absolute atomic E-state index is 0.347. The van der Waals surface area contributed by atoms with Gasteiger partial charge in [-0.25, -0.2) is 0 Å². The molecule has 1 saturated heterocycles. The SMILES string of the molecule is CN=C(NCCC(C)(C)C)NCC(CC(C)C)N1CCOCC1. The van der Waals surface area contributed by atoms with Crippen molar-refractivity contribution in [3.63, 3.8) is 0 Å². The van der Waals surface area contributed by atoms with E-state index in [0.29, 0.717) is 17.4 Å². The number of ether oxygens (including phenoxy) is 1. The molecule has 1 aliphatic heterocycles. The first-order chi connectivity index (χ1) is 10.8. The van der Waals surface area contributed by atoms with Gasteiger partial charge in [-0.15, -0.1) is 0 Å². The summed E-state index contributed by atoms with van der Waals surface area (Å²) < 4.78 is 5.49. The van der Waals surface area contributed by atoms with Crippen LogP contribution in [0, 0.1) is 11.3 Å². The van der Waals surface area contributed by atoms with E-state index in [-0.39, 0.29) is 0 Å². The van der Waals surface area contributed by atoms with E-state index >= 15 is 0 Å². The second-order valence-electron chi connectivity index (χ2n) is 8.12. The largest absolute Gasteiger partial charge is 0.379 e. The van der Waals surface area contributed by atoms with Crippen molar-refractivity contribution in [2.45, 2.75) is 53.5 Å². The predicted molar refractivity (Wildman–Crippen MR) is 99.1 cm³/mol. The van der Waals surface area contributed by atoms with E-state index in [0.717, 1.165) is 51.8 Å². The molecule has 1 unspecified atom stereocenters. The van der Waals surface area contributed by atoms with Gasteiger partial charge in [0.2, 0.25) is 0 Å². The van der Waals surface area contributed by atoms with Crippen LogP contribution in [0.2, 0.25) is 0 Å². The molecule has 0 bridgehead atoms. The van der Waals surface area contributed by atoms with Crippen LogP contribution in [0.1, 0.15) is 47.5 Å². The van der Waals surface area contributed by atoms with Crippen molar-refractivity contribution >= 4 is 5.96 Å². The first kappa shape index (κ1) is 20.2. The van der Waals surface area contributed by atoms with Crippen molar-refractivity contribution in [3.05, 3.63) is 0 Å². The van der Waals surface area contributed by atoms with Crippen LogP contribution in [0.5, 0.6) is 0 Å². The molecule has 0 aromatic heterocycles. The molecule has 0 aromatic rings. The third-order valence-corrected chi connectivity index (χ3v) is 4.20. The zero-order chi connectivity index (χ0) is 17.3. The molecule has 23 heavy (non-hydrogen) atoms. The fourth-order valence-electron chi connectivity index (χ4n) is 2.84. The lowest BCUT2D eigenvalue weighted by Gasteiger charge is -2.35. The molecule has 5 nitrogen and oxygen atoms in total. The minimum Gasteiger partial charge on any atom is -0.379 e. The van der Waals surface area contributed by atoms with Gasteiger partial charge in [-0.05, 0) is 24.2 Å². The predicted octanol–water partition coefficient (Wildman–Crippen LogP) is 2.33. The number of guanidine groups is 1. The van der Waals surface area contributed by atoms with Crippen LogP contribution in [0.15, 0.2) is 4.99 Å². The van der Waals surface area contributed by atoms with Gasteiger partial charge in [-0.3, -0.25) is 9.89 Å². The number of rotatable bonds is 7. The molecule has 1 heterocycles. The Morgan fingerprint density at radius 2 is 1.83 bits per heavy atom. The fourth-order valence-corrected chi connectivity index (χ4v) is 2.84. The highest BCUT2D eigenvalue weighted by molar-refractivity contribution is 5.79. The maximum atomic E-state index is 5.49. The molecule has 0 aliphatic carbocycles. The Bertz CT molecular complexity index is 343. The summed E-state index contributed by atoms with van der Waals surface area (Å²) in [6.07, 6.45) is 2.33. The maximum Gasteiger partial charge on any atom is 0.191 e. The minimum atomic E-state index is 0.347. The first-order valence-electron chi connectivity index (χ1n) is 9.08. The van der Waals surface area contributed by atoms with Gasteiger partial charge < -0.3 is 15.4 Å². The lowest BCUT2D eigenvalue weighted by Crippen LogP contribution is -2.51. The van der Waals surface area contributed by atoms with Crippen molar-refractivity contribution < 1.29 is 4.74 Å². The summed E-state index contributed by atoms with van der Waals surface area (Å²) in [4.78, 5) is 6.91. The van der Waals surface area contributed by atoms with Crippen LogP contribution in [0.4, 0.5) is 0 Å². The van der Waals surface area contributed by atoms with Gasteiger partial charge in [-0.1, -0.05) is 34.6 Å². The zero-order valence-corrected chi connectivity index (χ0v) is 16.1. The van der Waals surface area contributed by atoms with Crippen LogP contribution >= 0.6 is 0 Å². The molecular weight excluding hydrogens is 288 g/mol. The fraction of sp³-hybridized carbons (Fsp3) is 0.944. The second-order valence-corrected chi connectivity index (χ2v) is 8.12. The molecule has 1 atom stereocenters. The second kappa shape index (κ2) is 10.1. The summed E-state index contributed by atoms with van der Waals surface area (Å²) >= 11 is 0. The molecule has 0 amide bonds. The maximum absolute atomic E-state index is 5.49. The van der Waals surface area contributed by atoms with E-state index in [2.05, 4.69) is 55.1 Å². The summed E-state index contributed by atoms with van der Waals surface area (Å²) in [6.45, 7) is 17.1. The molecular formula is C18H38N4O. The molecule has 5 heteroatoms. The van der Waals surface area contributed by atoms with E-state index in [1.165, 1.54) is 6.42 Å². The number of aliphatic imine (C=N–C) groups is 1. The number of hydrogen-bond donors (Lipinski definition) is 2. The summed E-state index contributed by atoms with van der Waals surface area (Å²) in [5.41, 5.74) is 0.347. The molecule has 0 spiro atoms. The Hall–Kier alpha value is -0.810. The third kappa shape index (κ3) is 9.16. The smallest absolute Gasteiger partial charge is 0.191 e. The molecule has 0 saturated carbocycles. The highest BCUT2D eigenvalue weighted by Crippen LogP contribution is 2.17. The summed E-state index contributed by atoms with van der Waals surface area (Å²) in [6, 6.07) is 0.542. The van der Waals surface area contributed by atoms with Crippen molar-refractivity contribution in [2.75, 3.05) is 46.4 Å². The first-order valence-corrected chi connectivity index (χ1v) is 9.08. The quantitative estimate of drug-likeness (QED) is 0.557. The van der Waals surface area contributed by atoms with Gasteiger partial charge in [0, 0.05) is 39.3 Å². The third-order valence-electron chi connectivity index (χ3n) is 4.20. The highest BCUT2D eigenvalue weighted by Gasteiger charge is 2.22. The normalized spacial score (nSPS) is 19.0. The zero-order valence-electron chi connectivity index (χ0n) is 16.1. The van der Waals surface area contributed by atoms with Crippen LogP contribution in [-0.4, -0.2) is 63.3 Å². The molecule has 0 radical (unpaired) electrons. The van der Waals surface area contributed by atoms with Gasteiger partial charge in [0.1, 0.15) is 0 Å². The van der Waals surface area contributed by atoms with Gasteiger partial charge >= 0.3 is 0 Å². The Kier molecular flexibility index (Phi) is 8.92. The lowest BCUT2D eigenvalue weighted by molar-refractivity contribution is 0.0132. The number of nitrogens with zero attached hydrogens (tertiary/aromatic N) is 2. The number of morpholine rings is 1. The average Bonchev–Trinajstić information content (AvgIpc) is 2.48.